The van der Waals surface area contributed by atoms with Gasteiger partial charge in [-0.05, 0) is 60.4 Å². The zero-order valence-electron chi connectivity index (χ0n) is 12.0. The number of carbonyl (C=O) groups is 1. The van der Waals surface area contributed by atoms with Crippen LogP contribution in [-0.4, -0.2) is 32.2 Å². The van der Waals surface area contributed by atoms with Crippen molar-refractivity contribution in [2.75, 3.05) is 20.3 Å². The molecule has 0 fully saturated rings. The summed E-state index contributed by atoms with van der Waals surface area (Å²) in [5.41, 5.74) is 6.60. The van der Waals surface area contributed by atoms with Crippen molar-refractivity contribution in [2.45, 2.75) is 26.3 Å². The molecule has 0 aliphatic heterocycles. The molecule has 5 nitrogen and oxygen atoms in total. The third-order valence-corrected chi connectivity index (χ3v) is 3.11. The van der Waals surface area contributed by atoms with Crippen molar-refractivity contribution < 1.29 is 14.3 Å². The summed E-state index contributed by atoms with van der Waals surface area (Å²) in [4.78, 5) is 11.6. The van der Waals surface area contributed by atoms with Gasteiger partial charge >= 0.3 is 0 Å². The average molecular weight is 345 g/mol. The van der Waals surface area contributed by atoms with Crippen LogP contribution >= 0.6 is 15.9 Å². The molecule has 112 valence electrons. The number of halogens is 1. The highest BCUT2D eigenvalue weighted by Gasteiger charge is 2.13. The van der Waals surface area contributed by atoms with E-state index in [1.54, 1.807) is 7.11 Å². The van der Waals surface area contributed by atoms with E-state index in [1.807, 2.05) is 26.0 Å². The zero-order chi connectivity index (χ0) is 15.1. The number of nitrogens with one attached hydrogen (secondary N) is 1. The molecule has 20 heavy (non-hydrogen) atoms. The Morgan fingerprint density at radius 3 is 2.70 bits per heavy atom. The SMILES string of the molecule is COc1cc(CCN)cc(Br)c1OCC(=O)NC(C)C. The molecule has 3 N–H and O–H groups in total. The molecule has 0 heterocycles. The Morgan fingerprint density at radius 1 is 1.45 bits per heavy atom. The first-order valence-electron chi connectivity index (χ1n) is 6.46. The third kappa shape index (κ3) is 5.02. The van der Waals surface area contributed by atoms with Gasteiger partial charge in [0.15, 0.2) is 18.1 Å². The summed E-state index contributed by atoms with van der Waals surface area (Å²) < 4.78 is 11.6. The number of benzene rings is 1. The Morgan fingerprint density at radius 2 is 2.15 bits per heavy atom. The summed E-state index contributed by atoms with van der Waals surface area (Å²) in [5, 5.41) is 2.77. The average Bonchev–Trinajstić information content (AvgIpc) is 2.36. The largest absolute Gasteiger partial charge is 0.493 e. The summed E-state index contributed by atoms with van der Waals surface area (Å²) in [7, 11) is 1.56. The van der Waals surface area contributed by atoms with E-state index in [0.717, 1.165) is 16.5 Å². The van der Waals surface area contributed by atoms with Crippen molar-refractivity contribution in [3.8, 4) is 11.5 Å². The number of ether oxygens (including phenoxy) is 2. The zero-order valence-corrected chi connectivity index (χ0v) is 13.6. The van der Waals surface area contributed by atoms with Gasteiger partial charge in [0.05, 0.1) is 11.6 Å². The second kappa shape index (κ2) is 8.11. The Bertz CT molecular complexity index is 464. The number of carbonyl (C=O) groups excluding carboxylic acids is 1. The van der Waals surface area contributed by atoms with Crippen LogP contribution in [0.1, 0.15) is 19.4 Å². The Labute approximate surface area is 127 Å². The van der Waals surface area contributed by atoms with Gasteiger partial charge < -0.3 is 20.5 Å². The molecule has 0 unspecified atom stereocenters. The number of rotatable bonds is 7. The molecule has 1 rings (SSSR count). The molecule has 6 heteroatoms. The van der Waals surface area contributed by atoms with Crippen molar-refractivity contribution in [1.82, 2.24) is 5.32 Å². The summed E-state index contributed by atoms with van der Waals surface area (Å²) in [6.07, 6.45) is 0.753. The highest BCUT2D eigenvalue weighted by atomic mass is 79.9. The standard InChI is InChI=1S/C14H21BrN2O3/c1-9(2)17-13(18)8-20-14-11(15)6-10(4-5-16)7-12(14)19-3/h6-7,9H,4-5,8,16H2,1-3H3,(H,17,18). The van der Waals surface area contributed by atoms with E-state index in [0.29, 0.717) is 18.0 Å². The molecule has 1 aromatic rings. The molecule has 1 amide bonds. The molecule has 0 aliphatic carbocycles. The van der Waals surface area contributed by atoms with Gasteiger partial charge in [-0.3, -0.25) is 4.79 Å². The van der Waals surface area contributed by atoms with Gasteiger partial charge in [-0.1, -0.05) is 0 Å². The minimum Gasteiger partial charge on any atom is -0.493 e. The minimum absolute atomic E-state index is 0.0522. The van der Waals surface area contributed by atoms with Crippen LogP contribution < -0.4 is 20.5 Å². The van der Waals surface area contributed by atoms with Crippen LogP contribution in [0, 0.1) is 0 Å². The highest BCUT2D eigenvalue weighted by molar-refractivity contribution is 9.10. The van der Waals surface area contributed by atoms with Gasteiger partial charge in [-0.25, -0.2) is 0 Å². The number of amides is 1. The topological polar surface area (TPSA) is 73.6 Å². The van der Waals surface area contributed by atoms with Crippen LogP contribution in [0.2, 0.25) is 0 Å². The minimum atomic E-state index is -0.167. The molecule has 0 bridgehead atoms. The molecular weight excluding hydrogens is 324 g/mol. The van der Waals surface area contributed by atoms with Gasteiger partial charge in [0.25, 0.3) is 5.91 Å². The number of hydrogen-bond acceptors (Lipinski definition) is 4. The number of methoxy groups -OCH3 is 1. The van der Waals surface area contributed by atoms with Crippen LogP contribution in [0.3, 0.4) is 0 Å². The van der Waals surface area contributed by atoms with E-state index in [2.05, 4.69) is 21.2 Å². The van der Waals surface area contributed by atoms with Crippen molar-refractivity contribution in [1.29, 1.82) is 0 Å². The fourth-order valence-electron chi connectivity index (χ4n) is 1.73. The quantitative estimate of drug-likeness (QED) is 0.791. The molecular formula is C14H21BrN2O3. The van der Waals surface area contributed by atoms with Gasteiger partial charge in [-0.2, -0.15) is 0 Å². The summed E-state index contributed by atoms with van der Waals surface area (Å²) in [6, 6.07) is 3.88. The Hall–Kier alpha value is -1.27. The maximum absolute atomic E-state index is 11.6. The summed E-state index contributed by atoms with van der Waals surface area (Å²) in [6.45, 7) is 4.31. The lowest BCUT2D eigenvalue weighted by Gasteiger charge is -2.15. The number of nitrogens with two attached hydrogens (primary N) is 1. The molecule has 0 saturated carbocycles. The fraction of sp³-hybridized carbons (Fsp3) is 0.500. The van der Waals surface area contributed by atoms with Gasteiger partial charge in [0, 0.05) is 6.04 Å². The first kappa shape index (κ1) is 16.8. The van der Waals surface area contributed by atoms with Crippen LogP contribution in [0.4, 0.5) is 0 Å². The van der Waals surface area contributed by atoms with E-state index in [-0.39, 0.29) is 18.6 Å². The van der Waals surface area contributed by atoms with Crippen LogP contribution in [0.25, 0.3) is 0 Å². The van der Waals surface area contributed by atoms with E-state index in [4.69, 9.17) is 15.2 Å². The third-order valence-electron chi connectivity index (χ3n) is 2.52. The molecule has 0 atom stereocenters. The van der Waals surface area contributed by atoms with Gasteiger partial charge in [0.2, 0.25) is 0 Å². The molecule has 0 radical (unpaired) electrons. The fourth-order valence-corrected chi connectivity index (χ4v) is 2.33. The van der Waals surface area contributed by atoms with E-state index < -0.39 is 0 Å². The summed E-state index contributed by atoms with van der Waals surface area (Å²) >= 11 is 3.43. The first-order chi connectivity index (χ1) is 9.47. The van der Waals surface area contributed by atoms with Crippen molar-refractivity contribution >= 4 is 21.8 Å². The van der Waals surface area contributed by atoms with E-state index >= 15 is 0 Å². The maximum Gasteiger partial charge on any atom is 0.258 e. The smallest absolute Gasteiger partial charge is 0.258 e. The maximum atomic E-state index is 11.6. The molecule has 0 spiro atoms. The lowest BCUT2D eigenvalue weighted by molar-refractivity contribution is -0.123. The monoisotopic (exact) mass is 344 g/mol. The molecule has 1 aromatic carbocycles. The van der Waals surface area contributed by atoms with Crippen molar-refractivity contribution in [3.05, 3.63) is 22.2 Å². The summed E-state index contributed by atoms with van der Waals surface area (Å²) in [5.74, 6) is 0.937. The molecule has 0 saturated heterocycles. The van der Waals surface area contributed by atoms with Gasteiger partial charge in [-0.15, -0.1) is 0 Å². The van der Waals surface area contributed by atoms with Crippen LogP contribution in [0.5, 0.6) is 11.5 Å². The van der Waals surface area contributed by atoms with Crippen LogP contribution in [-0.2, 0) is 11.2 Å². The second-order valence-electron chi connectivity index (χ2n) is 4.66. The molecule has 0 aliphatic rings. The Kier molecular flexibility index (Phi) is 6.81. The molecule has 0 aromatic heterocycles. The lowest BCUT2D eigenvalue weighted by atomic mass is 10.1. The van der Waals surface area contributed by atoms with Crippen molar-refractivity contribution in [2.24, 2.45) is 5.73 Å². The van der Waals surface area contributed by atoms with E-state index in [9.17, 15) is 4.79 Å². The van der Waals surface area contributed by atoms with Gasteiger partial charge in [0.1, 0.15) is 0 Å². The lowest BCUT2D eigenvalue weighted by Crippen LogP contribution is -2.34. The predicted molar refractivity (Wildman–Crippen MR) is 82.2 cm³/mol. The number of hydrogen-bond donors (Lipinski definition) is 2. The second-order valence-corrected chi connectivity index (χ2v) is 5.51. The van der Waals surface area contributed by atoms with Crippen molar-refractivity contribution in [3.63, 3.8) is 0 Å². The Balaban J connectivity index is 2.81. The predicted octanol–water partition coefficient (Wildman–Crippen LogP) is 1.86. The van der Waals surface area contributed by atoms with Crippen LogP contribution in [0.15, 0.2) is 16.6 Å². The van der Waals surface area contributed by atoms with E-state index in [1.165, 1.54) is 0 Å². The first-order valence-corrected chi connectivity index (χ1v) is 7.25. The normalized spacial score (nSPS) is 10.5. The highest BCUT2D eigenvalue weighted by Crippen LogP contribution is 2.36.